The summed E-state index contributed by atoms with van der Waals surface area (Å²) in [6, 6.07) is 14.2. The number of benzene rings is 2. The Bertz CT molecular complexity index is 1710. The molecule has 7 amide bonds. The van der Waals surface area contributed by atoms with Gasteiger partial charge in [0.2, 0.25) is 5.91 Å². The van der Waals surface area contributed by atoms with Crippen LogP contribution in [0.15, 0.2) is 54.6 Å². The number of rotatable bonds is 25. The second-order valence-corrected chi connectivity index (χ2v) is 13.1. The molecule has 0 saturated heterocycles. The number of primary amides is 1. The SMILES string of the molecule is CC(C)C[C@@H](ONC(=O)[C@@H](CCCCN)ONC(=O)[C@@H](Cc1ccccc1)ONC(=O)[C@@H](CC(=O)O)ONC(=O)[C@@H](C)ON1C(=O)c2ccccc2C1=O)C(N)=O. The Hall–Kier alpha value is -5.84. The van der Waals surface area contributed by atoms with Gasteiger partial charge in [0.15, 0.2) is 30.5 Å². The zero-order valence-corrected chi connectivity index (χ0v) is 31.5. The number of nitrogens with one attached hydrogen (secondary N) is 4. The molecule has 3 rings (SSSR count). The number of carboxylic acid groups (broad SMARTS) is 1. The number of carbonyl (C=O) groups is 8. The number of hydroxylamine groups is 6. The summed E-state index contributed by atoms with van der Waals surface area (Å²) in [5, 5.41) is 9.80. The number of aliphatic carboxylic acids is 1. The Balaban J connectivity index is 1.65. The molecule has 57 heavy (non-hydrogen) atoms. The van der Waals surface area contributed by atoms with Gasteiger partial charge in [-0.3, -0.25) is 57.7 Å². The first-order chi connectivity index (χ1) is 27.1. The minimum Gasteiger partial charge on any atom is -0.481 e. The first-order valence-corrected chi connectivity index (χ1v) is 17.8. The van der Waals surface area contributed by atoms with Gasteiger partial charge in [0, 0.05) is 6.42 Å². The minimum atomic E-state index is -1.94. The second kappa shape index (κ2) is 22.6. The molecule has 21 nitrogen and oxygen atoms in total. The standard InChI is InChI=1S/C36H47N7O14/c1-20(2)17-26(30(38)46)54-40-32(48)25(15-9-10-16-37)53-41-33(49)27(18-22-11-5-4-6-12-22)55-42-34(50)28(19-29(44)45)56-39-31(47)21(3)57-43-35(51)23-13-7-8-14-24(23)36(43)52/h4-8,11-14,20-21,25-28H,9-10,15-19,37H2,1-3H3,(H2,38,46)(H,39,47)(H,40,48)(H,41,49)(H,42,50)(H,44,45)/t21-,25-,26-,27-,28-/m1/s1. The van der Waals surface area contributed by atoms with Crippen molar-refractivity contribution >= 4 is 47.3 Å². The lowest BCUT2D eigenvalue weighted by Gasteiger charge is -2.23. The van der Waals surface area contributed by atoms with E-state index < -0.39 is 84.3 Å². The summed E-state index contributed by atoms with van der Waals surface area (Å²) < 4.78 is 0. The van der Waals surface area contributed by atoms with Crippen LogP contribution in [-0.4, -0.2) is 94.6 Å². The van der Waals surface area contributed by atoms with Crippen LogP contribution in [0.3, 0.4) is 0 Å². The molecule has 2 aromatic carbocycles. The molecule has 0 spiro atoms. The average molecular weight is 802 g/mol. The van der Waals surface area contributed by atoms with Crippen molar-refractivity contribution in [1.29, 1.82) is 0 Å². The van der Waals surface area contributed by atoms with Crippen molar-refractivity contribution in [3.8, 4) is 0 Å². The highest BCUT2D eigenvalue weighted by Gasteiger charge is 2.39. The summed E-state index contributed by atoms with van der Waals surface area (Å²) in [4.78, 5) is 127. The first-order valence-electron chi connectivity index (χ1n) is 17.8. The average Bonchev–Trinajstić information content (AvgIpc) is 3.41. The fraction of sp³-hybridized carbons (Fsp3) is 0.444. The van der Waals surface area contributed by atoms with Gasteiger partial charge >= 0.3 is 5.97 Å². The molecule has 1 aliphatic rings. The van der Waals surface area contributed by atoms with Crippen LogP contribution in [0, 0.1) is 5.92 Å². The molecule has 1 aliphatic heterocycles. The summed E-state index contributed by atoms with van der Waals surface area (Å²) in [7, 11) is 0. The lowest BCUT2D eigenvalue weighted by atomic mass is 10.1. The van der Waals surface area contributed by atoms with Crippen LogP contribution in [0.2, 0.25) is 0 Å². The molecular formula is C36H47N7O14. The Labute approximate surface area is 326 Å². The zero-order chi connectivity index (χ0) is 42.1. The zero-order valence-electron chi connectivity index (χ0n) is 31.5. The fourth-order valence-corrected chi connectivity index (χ4v) is 5.00. The van der Waals surface area contributed by atoms with E-state index >= 15 is 0 Å². The van der Waals surface area contributed by atoms with Gasteiger partial charge in [0.1, 0.15) is 0 Å². The number of unbranched alkanes of at least 4 members (excludes halogenated alkanes) is 1. The second-order valence-electron chi connectivity index (χ2n) is 13.1. The molecule has 1 heterocycles. The van der Waals surface area contributed by atoms with Gasteiger partial charge in [-0.1, -0.05) is 56.3 Å². The molecule has 0 fully saturated rings. The van der Waals surface area contributed by atoms with E-state index in [1.54, 1.807) is 30.3 Å². The maximum atomic E-state index is 13.4. The molecule has 5 atom stereocenters. The molecule has 0 aliphatic carbocycles. The van der Waals surface area contributed by atoms with Crippen molar-refractivity contribution in [2.75, 3.05) is 6.54 Å². The molecule has 310 valence electrons. The molecule has 0 saturated carbocycles. The van der Waals surface area contributed by atoms with Crippen molar-refractivity contribution in [3.05, 3.63) is 71.3 Å². The van der Waals surface area contributed by atoms with Gasteiger partial charge in [-0.15, -0.1) is 5.06 Å². The lowest BCUT2D eigenvalue weighted by Crippen LogP contribution is -2.49. The molecule has 2 aromatic rings. The van der Waals surface area contributed by atoms with Crippen LogP contribution < -0.4 is 33.4 Å². The highest BCUT2D eigenvalue weighted by atomic mass is 16.7. The molecule has 0 radical (unpaired) electrons. The van der Waals surface area contributed by atoms with E-state index in [9.17, 15) is 43.5 Å². The number of amides is 7. The molecule has 0 bridgehead atoms. The minimum absolute atomic E-state index is 0.00520. The van der Waals surface area contributed by atoms with Crippen LogP contribution in [0.4, 0.5) is 0 Å². The predicted molar refractivity (Wildman–Crippen MR) is 194 cm³/mol. The Morgan fingerprint density at radius 2 is 1.18 bits per heavy atom. The van der Waals surface area contributed by atoms with Crippen LogP contribution in [0.25, 0.3) is 0 Å². The van der Waals surface area contributed by atoms with Crippen LogP contribution in [0.5, 0.6) is 0 Å². The lowest BCUT2D eigenvalue weighted by molar-refractivity contribution is -0.179. The summed E-state index contributed by atoms with van der Waals surface area (Å²) in [5.41, 5.74) is 19.7. The number of hydrogen-bond acceptors (Lipinski definition) is 14. The Morgan fingerprint density at radius 3 is 1.72 bits per heavy atom. The van der Waals surface area contributed by atoms with E-state index in [4.69, 9.17) is 35.7 Å². The number of carbonyl (C=O) groups excluding carboxylic acids is 7. The number of nitrogens with two attached hydrogens (primary N) is 2. The number of nitrogens with zero attached hydrogens (tertiary/aromatic N) is 1. The van der Waals surface area contributed by atoms with Crippen LogP contribution >= 0.6 is 0 Å². The van der Waals surface area contributed by atoms with Gasteiger partial charge in [0.05, 0.1) is 17.5 Å². The summed E-state index contributed by atoms with van der Waals surface area (Å²) in [6.45, 7) is 5.12. The number of hydrogen-bond donors (Lipinski definition) is 7. The van der Waals surface area contributed by atoms with E-state index in [1.807, 2.05) is 24.8 Å². The number of fused-ring (bicyclic) bond motifs is 1. The van der Waals surface area contributed by atoms with Crippen molar-refractivity contribution < 1.29 is 67.7 Å². The molecular weight excluding hydrogens is 754 g/mol. The molecule has 0 aromatic heterocycles. The third-order valence-electron chi connectivity index (χ3n) is 8.02. The smallest absolute Gasteiger partial charge is 0.306 e. The van der Waals surface area contributed by atoms with E-state index in [0.717, 1.165) is 6.92 Å². The third kappa shape index (κ3) is 14.3. The third-order valence-corrected chi connectivity index (χ3v) is 8.02. The van der Waals surface area contributed by atoms with Crippen molar-refractivity contribution in [2.24, 2.45) is 17.4 Å². The van der Waals surface area contributed by atoms with E-state index in [2.05, 4.69) is 11.0 Å². The first kappa shape index (κ1) is 45.5. The Morgan fingerprint density at radius 1 is 0.684 bits per heavy atom. The monoisotopic (exact) mass is 801 g/mol. The number of imide groups is 1. The largest absolute Gasteiger partial charge is 0.481 e. The summed E-state index contributed by atoms with van der Waals surface area (Å²) in [6.07, 6.45) is -7.53. The highest BCUT2D eigenvalue weighted by Crippen LogP contribution is 2.23. The van der Waals surface area contributed by atoms with E-state index in [0.29, 0.717) is 30.0 Å². The topological polar surface area (TPSA) is 306 Å². The maximum Gasteiger partial charge on any atom is 0.306 e. The summed E-state index contributed by atoms with van der Waals surface area (Å²) >= 11 is 0. The van der Waals surface area contributed by atoms with Crippen LogP contribution in [0.1, 0.15) is 79.2 Å². The van der Waals surface area contributed by atoms with Gasteiger partial charge in [-0.2, -0.15) is 0 Å². The quantitative estimate of drug-likeness (QED) is 0.0383. The van der Waals surface area contributed by atoms with Crippen molar-refractivity contribution in [3.63, 3.8) is 0 Å². The van der Waals surface area contributed by atoms with Crippen molar-refractivity contribution in [2.45, 2.75) is 89.8 Å². The predicted octanol–water partition coefficient (Wildman–Crippen LogP) is -0.354. The number of carboxylic acids is 1. The van der Waals surface area contributed by atoms with Gasteiger partial charge < -0.3 is 16.6 Å². The van der Waals surface area contributed by atoms with Gasteiger partial charge in [0.25, 0.3) is 35.4 Å². The molecule has 9 N–H and O–H groups in total. The maximum absolute atomic E-state index is 13.4. The highest BCUT2D eigenvalue weighted by molar-refractivity contribution is 6.20. The Kier molecular flexibility index (Phi) is 18.1. The molecule has 0 unspecified atom stereocenters. The fourth-order valence-electron chi connectivity index (χ4n) is 5.00. The summed E-state index contributed by atoms with van der Waals surface area (Å²) in [5.74, 6) is -8.15. The molecule has 21 heteroatoms. The van der Waals surface area contributed by atoms with Crippen molar-refractivity contribution in [1.82, 2.24) is 27.0 Å². The van der Waals surface area contributed by atoms with Gasteiger partial charge in [-0.25, -0.2) is 26.8 Å². The van der Waals surface area contributed by atoms with E-state index in [-0.39, 0.29) is 36.3 Å². The normalized spacial score (nSPS) is 14.9. The van der Waals surface area contributed by atoms with Crippen LogP contribution in [-0.2, 0) is 59.4 Å². The van der Waals surface area contributed by atoms with E-state index in [1.165, 1.54) is 24.3 Å². The van der Waals surface area contributed by atoms with Gasteiger partial charge in [-0.05, 0) is 62.8 Å².